The van der Waals surface area contributed by atoms with Gasteiger partial charge in [-0.15, -0.1) is 0 Å². The molecule has 1 aliphatic heterocycles. The Bertz CT molecular complexity index is 514. The number of nitro benzene ring substituents is 1. The molecule has 0 aliphatic carbocycles. The van der Waals surface area contributed by atoms with Crippen molar-refractivity contribution < 1.29 is 4.92 Å². The lowest BCUT2D eigenvalue weighted by molar-refractivity contribution is -0.384. The summed E-state index contributed by atoms with van der Waals surface area (Å²) in [6.45, 7) is 12.8. The highest BCUT2D eigenvalue weighted by molar-refractivity contribution is 6.76. The minimum Gasteiger partial charge on any atom is -0.370 e. The number of benzene rings is 1. The van der Waals surface area contributed by atoms with Crippen molar-refractivity contribution in [1.29, 1.82) is 0 Å². The average molecular weight is 336 g/mol. The Kier molecular flexibility index (Phi) is 6.18. The predicted octanol–water partition coefficient (Wildman–Crippen LogP) is 3.84. The summed E-state index contributed by atoms with van der Waals surface area (Å²) >= 11 is 0. The molecule has 1 fully saturated rings. The van der Waals surface area contributed by atoms with Gasteiger partial charge < -0.3 is 9.80 Å². The lowest BCUT2D eigenvalue weighted by Crippen LogP contribution is -2.32. The van der Waals surface area contributed by atoms with Gasteiger partial charge in [-0.3, -0.25) is 10.1 Å². The molecule has 5 nitrogen and oxygen atoms in total. The van der Waals surface area contributed by atoms with Crippen molar-refractivity contribution in [3.8, 4) is 0 Å². The second-order valence-corrected chi connectivity index (χ2v) is 13.2. The molecule has 0 amide bonds. The van der Waals surface area contributed by atoms with Crippen molar-refractivity contribution in [3.63, 3.8) is 0 Å². The third-order valence-electron chi connectivity index (χ3n) is 4.42. The Morgan fingerprint density at radius 3 is 2.39 bits per heavy atom. The SMILES string of the molecule is C[Si](C)(C)CCCN1CCCN(c2ccc([N+](=O)[O-])cc2)CC1. The molecule has 128 valence electrons. The van der Waals surface area contributed by atoms with E-state index in [0.717, 1.165) is 38.3 Å². The van der Waals surface area contributed by atoms with E-state index in [4.69, 9.17) is 0 Å². The molecule has 0 unspecified atom stereocenters. The molecule has 6 heteroatoms. The van der Waals surface area contributed by atoms with E-state index in [0.29, 0.717) is 0 Å². The molecular formula is C17H29N3O2Si. The van der Waals surface area contributed by atoms with E-state index in [-0.39, 0.29) is 10.6 Å². The van der Waals surface area contributed by atoms with Crippen LogP contribution in [-0.4, -0.2) is 50.6 Å². The maximum atomic E-state index is 10.7. The quantitative estimate of drug-likeness (QED) is 0.450. The van der Waals surface area contributed by atoms with Crippen LogP contribution in [0, 0.1) is 10.1 Å². The van der Waals surface area contributed by atoms with Crippen LogP contribution in [0.15, 0.2) is 24.3 Å². The first-order valence-corrected chi connectivity index (χ1v) is 12.3. The van der Waals surface area contributed by atoms with Gasteiger partial charge >= 0.3 is 0 Å². The monoisotopic (exact) mass is 335 g/mol. The second-order valence-electron chi connectivity index (χ2n) is 7.62. The Labute approximate surface area is 140 Å². The van der Waals surface area contributed by atoms with Gasteiger partial charge in [-0.2, -0.15) is 0 Å². The fourth-order valence-corrected chi connectivity index (χ4v) is 4.29. The minimum absolute atomic E-state index is 0.163. The zero-order valence-corrected chi connectivity index (χ0v) is 15.6. The topological polar surface area (TPSA) is 49.6 Å². The molecule has 0 aromatic heterocycles. The molecule has 23 heavy (non-hydrogen) atoms. The standard InChI is InChI=1S/C17H29N3O2Si/c1-23(2,3)15-5-11-18-10-4-12-19(14-13-18)16-6-8-17(9-7-16)20(21)22/h6-9H,4-5,10-15H2,1-3H3. The minimum atomic E-state index is -0.927. The molecule has 0 saturated carbocycles. The van der Waals surface area contributed by atoms with Gasteiger partial charge in [0.15, 0.2) is 0 Å². The van der Waals surface area contributed by atoms with Crippen LogP contribution in [0.1, 0.15) is 12.8 Å². The predicted molar refractivity (Wildman–Crippen MR) is 99.1 cm³/mol. The Balaban J connectivity index is 1.84. The second kappa shape index (κ2) is 7.92. The molecule has 1 aliphatic rings. The zero-order chi connectivity index (χ0) is 16.9. The number of nitro groups is 1. The van der Waals surface area contributed by atoms with Gasteiger partial charge in [0, 0.05) is 45.5 Å². The number of rotatable bonds is 6. The summed E-state index contributed by atoms with van der Waals surface area (Å²) in [5.74, 6) is 0. The summed E-state index contributed by atoms with van der Waals surface area (Å²) < 4.78 is 0. The average Bonchev–Trinajstić information content (AvgIpc) is 2.72. The summed E-state index contributed by atoms with van der Waals surface area (Å²) in [5.41, 5.74) is 1.26. The van der Waals surface area contributed by atoms with Crippen molar-refractivity contribution >= 4 is 19.4 Å². The van der Waals surface area contributed by atoms with Gasteiger partial charge in [-0.25, -0.2) is 0 Å². The van der Waals surface area contributed by atoms with Crippen LogP contribution in [0.4, 0.5) is 11.4 Å². The Morgan fingerprint density at radius 1 is 1.09 bits per heavy atom. The number of anilines is 1. The van der Waals surface area contributed by atoms with Crippen molar-refractivity contribution in [2.24, 2.45) is 0 Å². The molecular weight excluding hydrogens is 306 g/mol. The van der Waals surface area contributed by atoms with Crippen molar-refractivity contribution in [2.45, 2.75) is 38.5 Å². The molecule has 2 rings (SSSR count). The summed E-state index contributed by atoms with van der Waals surface area (Å²) in [6.07, 6.45) is 2.47. The van der Waals surface area contributed by atoms with Crippen LogP contribution in [-0.2, 0) is 0 Å². The summed E-state index contributed by atoms with van der Waals surface area (Å²) in [7, 11) is -0.927. The van der Waals surface area contributed by atoms with Gasteiger partial charge in [0.05, 0.1) is 4.92 Å². The number of hydrogen-bond acceptors (Lipinski definition) is 4. The number of hydrogen-bond donors (Lipinski definition) is 0. The third kappa shape index (κ3) is 5.95. The highest BCUT2D eigenvalue weighted by atomic mass is 28.3. The molecule has 1 aromatic carbocycles. The van der Waals surface area contributed by atoms with Gasteiger partial charge in [0.1, 0.15) is 0 Å². The van der Waals surface area contributed by atoms with E-state index >= 15 is 0 Å². The highest BCUT2D eigenvalue weighted by Gasteiger charge is 2.17. The van der Waals surface area contributed by atoms with Gasteiger partial charge in [0.2, 0.25) is 0 Å². The van der Waals surface area contributed by atoms with E-state index in [9.17, 15) is 10.1 Å². The molecule has 1 aromatic rings. The van der Waals surface area contributed by atoms with Crippen LogP contribution in [0.2, 0.25) is 25.7 Å². The normalized spacial score (nSPS) is 17.1. The maximum Gasteiger partial charge on any atom is 0.269 e. The first-order valence-electron chi connectivity index (χ1n) is 8.57. The van der Waals surface area contributed by atoms with Gasteiger partial charge in [0.25, 0.3) is 5.69 Å². The van der Waals surface area contributed by atoms with Crippen LogP contribution >= 0.6 is 0 Å². The van der Waals surface area contributed by atoms with E-state index in [1.54, 1.807) is 12.1 Å². The fourth-order valence-electron chi connectivity index (χ4n) is 3.07. The molecule has 1 saturated heterocycles. The first-order chi connectivity index (χ1) is 10.8. The van der Waals surface area contributed by atoms with E-state index in [1.807, 2.05) is 12.1 Å². The molecule has 0 radical (unpaired) electrons. The largest absolute Gasteiger partial charge is 0.370 e. The van der Waals surface area contributed by atoms with Crippen molar-refractivity contribution in [3.05, 3.63) is 34.4 Å². The highest BCUT2D eigenvalue weighted by Crippen LogP contribution is 2.21. The third-order valence-corrected chi connectivity index (χ3v) is 6.27. The maximum absolute atomic E-state index is 10.7. The Morgan fingerprint density at radius 2 is 1.78 bits per heavy atom. The van der Waals surface area contributed by atoms with Crippen molar-refractivity contribution in [2.75, 3.05) is 37.6 Å². The van der Waals surface area contributed by atoms with E-state index < -0.39 is 8.07 Å². The molecule has 0 atom stereocenters. The van der Waals surface area contributed by atoms with Gasteiger partial charge in [-0.05, 0) is 38.1 Å². The van der Waals surface area contributed by atoms with E-state index in [1.165, 1.54) is 19.0 Å². The Hall–Kier alpha value is -1.40. The summed E-state index contributed by atoms with van der Waals surface area (Å²) in [6, 6.07) is 8.35. The van der Waals surface area contributed by atoms with Crippen LogP contribution in [0.3, 0.4) is 0 Å². The first kappa shape index (κ1) is 17.9. The molecule has 0 N–H and O–H groups in total. The van der Waals surface area contributed by atoms with Crippen LogP contribution < -0.4 is 4.90 Å². The van der Waals surface area contributed by atoms with Crippen LogP contribution in [0.5, 0.6) is 0 Å². The molecule has 1 heterocycles. The van der Waals surface area contributed by atoms with Crippen molar-refractivity contribution in [1.82, 2.24) is 4.90 Å². The van der Waals surface area contributed by atoms with Gasteiger partial charge in [-0.1, -0.05) is 25.7 Å². The lowest BCUT2D eigenvalue weighted by Gasteiger charge is -2.24. The van der Waals surface area contributed by atoms with Crippen LogP contribution in [0.25, 0.3) is 0 Å². The number of nitrogens with zero attached hydrogens (tertiary/aromatic N) is 3. The molecule has 0 bridgehead atoms. The number of non-ortho nitro benzene ring substituents is 1. The summed E-state index contributed by atoms with van der Waals surface area (Å²) in [4.78, 5) is 15.3. The zero-order valence-electron chi connectivity index (χ0n) is 14.6. The molecule has 0 spiro atoms. The van der Waals surface area contributed by atoms with E-state index in [2.05, 4.69) is 29.4 Å². The fraction of sp³-hybridized carbons (Fsp3) is 0.647. The summed E-state index contributed by atoms with van der Waals surface area (Å²) in [5, 5.41) is 10.7. The smallest absolute Gasteiger partial charge is 0.269 e. The lowest BCUT2D eigenvalue weighted by atomic mass is 10.2.